The monoisotopic (exact) mass is 307 g/mol. The highest BCUT2D eigenvalue weighted by Gasteiger charge is 2.17. The summed E-state index contributed by atoms with van der Waals surface area (Å²) in [5.41, 5.74) is 1.69. The first kappa shape index (κ1) is 15.6. The van der Waals surface area contributed by atoms with E-state index in [0.29, 0.717) is 6.54 Å². The first-order valence-corrected chi connectivity index (χ1v) is 7.81. The van der Waals surface area contributed by atoms with Crippen molar-refractivity contribution in [3.8, 4) is 0 Å². The van der Waals surface area contributed by atoms with Gasteiger partial charge >= 0.3 is 6.09 Å². The van der Waals surface area contributed by atoms with Crippen molar-refractivity contribution in [2.75, 3.05) is 0 Å². The average Bonchev–Trinajstić information content (AvgIpc) is 3.05. The van der Waals surface area contributed by atoms with Crippen LogP contribution < -0.4 is 5.32 Å². The summed E-state index contributed by atoms with van der Waals surface area (Å²) in [5.74, 6) is 0. The molecule has 0 aliphatic heterocycles. The fraction of sp³-hybridized carbons (Fsp3) is 0.467. The highest BCUT2D eigenvalue weighted by Crippen LogP contribution is 2.21. The maximum atomic E-state index is 11.7. The van der Waals surface area contributed by atoms with Gasteiger partial charge in [-0.25, -0.2) is 9.78 Å². The van der Waals surface area contributed by atoms with Crippen molar-refractivity contribution in [1.29, 1.82) is 0 Å². The predicted octanol–water partition coefficient (Wildman–Crippen LogP) is 3.58. The summed E-state index contributed by atoms with van der Waals surface area (Å²) < 4.78 is 7.29. The van der Waals surface area contributed by atoms with Gasteiger partial charge in [-0.1, -0.05) is 0 Å². The second kappa shape index (κ2) is 6.30. The SMILES string of the molecule is CC(c1ccsc1)n1cncc1CNC(=O)OC(C)(C)C. The van der Waals surface area contributed by atoms with Gasteiger partial charge < -0.3 is 14.6 Å². The van der Waals surface area contributed by atoms with E-state index in [1.165, 1.54) is 5.56 Å². The van der Waals surface area contributed by atoms with Crippen LogP contribution in [0.4, 0.5) is 4.79 Å². The van der Waals surface area contributed by atoms with Gasteiger partial charge in [0, 0.05) is 6.20 Å². The summed E-state index contributed by atoms with van der Waals surface area (Å²) in [5, 5.41) is 6.94. The van der Waals surface area contributed by atoms with E-state index in [1.54, 1.807) is 23.9 Å². The van der Waals surface area contributed by atoms with E-state index in [1.807, 2.05) is 20.8 Å². The molecule has 1 amide bonds. The molecule has 0 radical (unpaired) electrons. The molecule has 2 aromatic heterocycles. The molecular weight excluding hydrogens is 286 g/mol. The molecule has 1 unspecified atom stereocenters. The number of carbonyl (C=O) groups is 1. The number of ether oxygens (including phenoxy) is 1. The quantitative estimate of drug-likeness (QED) is 0.939. The number of nitrogens with zero attached hydrogens (tertiary/aromatic N) is 2. The van der Waals surface area contributed by atoms with Crippen LogP contribution in [-0.2, 0) is 11.3 Å². The molecule has 21 heavy (non-hydrogen) atoms. The largest absolute Gasteiger partial charge is 0.444 e. The third-order valence-electron chi connectivity index (χ3n) is 3.00. The van der Waals surface area contributed by atoms with Crippen molar-refractivity contribution in [2.45, 2.75) is 45.9 Å². The Hall–Kier alpha value is -1.82. The van der Waals surface area contributed by atoms with Gasteiger partial charge in [0.2, 0.25) is 0 Å². The molecule has 6 heteroatoms. The van der Waals surface area contributed by atoms with Gasteiger partial charge in [0.15, 0.2) is 0 Å². The standard InChI is InChI=1S/C15H21N3O2S/c1-11(12-5-6-21-9-12)18-10-16-7-13(18)8-17-14(19)20-15(2,3)4/h5-7,9-11H,8H2,1-4H3,(H,17,19). The average molecular weight is 307 g/mol. The van der Waals surface area contributed by atoms with E-state index in [0.717, 1.165) is 5.69 Å². The second-order valence-corrected chi connectivity index (χ2v) is 6.66. The molecule has 0 aliphatic carbocycles. The molecule has 1 atom stereocenters. The van der Waals surface area contributed by atoms with E-state index in [2.05, 4.69) is 38.6 Å². The Morgan fingerprint density at radius 2 is 2.29 bits per heavy atom. The maximum Gasteiger partial charge on any atom is 0.407 e. The van der Waals surface area contributed by atoms with Gasteiger partial charge in [0.05, 0.1) is 24.6 Å². The fourth-order valence-corrected chi connectivity index (χ4v) is 2.71. The summed E-state index contributed by atoms with van der Waals surface area (Å²) >= 11 is 1.67. The van der Waals surface area contributed by atoms with Crippen molar-refractivity contribution in [3.63, 3.8) is 0 Å². The number of hydrogen-bond donors (Lipinski definition) is 1. The van der Waals surface area contributed by atoms with Gasteiger partial charge in [0.1, 0.15) is 5.60 Å². The Bertz CT molecular complexity index is 584. The van der Waals surface area contributed by atoms with Crippen molar-refractivity contribution < 1.29 is 9.53 Å². The lowest BCUT2D eigenvalue weighted by Crippen LogP contribution is -2.32. The molecule has 0 fully saturated rings. The third-order valence-corrected chi connectivity index (χ3v) is 3.70. The Balaban J connectivity index is 1.99. The number of amides is 1. The fourth-order valence-electron chi connectivity index (χ4n) is 1.97. The highest BCUT2D eigenvalue weighted by molar-refractivity contribution is 7.07. The molecule has 0 saturated heterocycles. The molecule has 2 heterocycles. The minimum absolute atomic E-state index is 0.189. The van der Waals surface area contributed by atoms with Crippen molar-refractivity contribution in [2.24, 2.45) is 0 Å². The van der Waals surface area contributed by atoms with E-state index in [4.69, 9.17) is 4.74 Å². The first-order valence-electron chi connectivity index (χ1n) is 6.86. The van der Waals surface area contributed by atoms with Gasteiger partial charge in [-0.3, -0.25) is 0 Å². The Morgan fingerprint density at radius 1 is 1.52 bits per heavy atom. The smallest absolute Gasteiger partial charge is 0.407 e. The third kappa shape index (κ3) is 4.32. The van der Waals surface area contributed by atoms with E-state index >= 15 is 0 Å². The number of imidazole rings is 1. The number of aromatic nitrogens is 2. The van der Waals surface area contributed by atoms with Crippen LogP contribution in [0.3, 0.4) is 0 Å². The Labute approximate surface area is 129 Å². The highest BCUT2D eigenvalue weighted by atomic mass is 32.1. The van der Waals surface area contributed by atoms with Crippen LogP contribution in [-0.4, -0.2) is 21.2 Å². The van der Waals surface area contributed by atoms with E-state index < -0.39 is 11.7 Å². The van der Waals surface area contributed by atoms with Crippen molar-refractivity contribution in [3.05, 3.63) is 40.6 Å². The summed E-state index contributed by atoms with van der Waals surface area (Å²) in [6.45, 7) is 8.03. The number of thiophene rings is 1. The number of alkyl carbamates (subject to hydrolysis) is 1. The lowest BCUT2D eigenvalue weighted by Gasteiger charge is -2.20. The van der Waals surface area contributed by atoms with Crippen LogP contribution in [0.5, 0.6) is 0 Å². The molecule has 0 spiro atoms. The molecule has 0 aliphatic rings. The van der Waals surface area contributed by atoms with Gasteiger partial charge in [-0.2, -0.15) is 11.3 Å². The summed E-state index contributed by atoms with van der Waals surface area (Å²) in [6, 6.07) is 2.29. The summed E-state index contributed by atoms with van der Waals surface area (Å²) in [4.78, 5) is 15.9. The molecule has 5 nitrogen and oxygen atoms in total. The molecular formula is C15H21N3O2S. The van der Waals surface area contributed by atoms with Crippen LogP contribution >= 0.6 is 11.3 Å². The zero-order valence-electron chi connectivity index (χ0n) is 12.8. The molecule has 0 aromatic carbocycles. The Morgan fingerprint density at radius 3 is 2.90 bits per heavy atom. The van der Waals surface area contributed by atoms with E-state index in [9.17, 15) is 4.79 Å². The summed E-state index contributed by atoms with van der Waals surface area (Å²) in [6.07, 6.45) is 3.13. The number of nitrogens with one attached hydrogen (secondary N) is 1. The minimum Gasteiger partial charge on any atom is -0.444 e. The Kier molecular flexibility index (Phi) is 4.67. The van der Waals surface area contributed by atoms with Crippen molar-refractivity contribution in [1.82, 2.24) is 14.9 Å². The van der Waals surface area contributed by atoms with Crippen LogP contribution in [0.25, 0.3) is 0 Å². The molecule has 114 valence electrons. The van der Waals surface area contributed by atoms with Gasteiger partial charge in [-0.15, -0.1) is 0 Å². The molecule has 0 saturated carbocycles. The topological polar surface area (TPSA) is 56.2 Å². The number of hydrogen-bond acceptors (Lipinski definition) is 4. The molecule has 2 rings (SSSR count). The van der Waals surface area contributed by atoms with Crippen LogP contribution in [0.1, 0.15) is 45.0 Å². The van der Waals surface area contributed by atoms with Crippen LogP contribution in [0.15, 0.2) is 29.4 Å². The minimum atomic E-state index is -0.492. The van der Waals surface area contributed by atoms with Crippen LogP contribution in [0.2, 0.25) is 0 Å². The van der Waals surface area contributed by atoms with E-state index in [-0.39, 0.29) is 6.04 Å². The van der Waals surface area contributed by atoms with Gasteiger partial charge in [0.25, 0.3) is 0 Å². The van der Waals surface area contributed by atoms with Gasteiger partial charge in [-0.05, 0) is 50.1 Å². The molecule has 2 aromatic rings. The number of carbonyl (C=O) groups excluding carboxylic acids is 1. The lowest BCUT2D eigenvalue weighted by atomic mass is 10.2. The second-order valence-electron chi connectivity index (χ2n) is 5.88. The normalized spacial score (nSPS) is 13.0. The molecule has 1 N–H and O–H groups in total. The zero-order chi connectivity index (χ0) is 15.5. The predicted molar refractivity (Wildman–Crippen MR) is 83.4 cm³/mol. The molecule has 0 bridgehead atoms. The summed E-state index contributed by atoms with van der Waals surface area (Å²) in [7, 11) is 0. The zero-order valence-corrected chi connectivity index (χ0v) is 13.6. The first-order chi connectivity index (χ1) is 9.87. The maximum absolute atomic E-state index is 11.7. The number of rotatable bonds is 4. The van der Waals surface area contributed by atoms with Crippen LogP contribution in [0, 0.1) is 0 Å². The van der Waals surface area contributed by atoms with Crippen molar-refractivity contribution >= 4 is 17.4 Å². The lowest BCUT2D eigenvalue weighted by molar-refractivity contribution is 0.0522.